The second-order valence-corrected chi connectivity index (χ2v) is 2.51. The molecule has 2 N–H and O–H groups in total. The standard InChI is InChI=1S/C7H8ClFN2/c1-2-4-3-11-7(8)5(9)6(4)10/h3H,2H2,1H3,(H2,10,11). The lowest BCUT2D eigenvalue weighted by molar-refractivity contribution is 0.624. The van der Waals surface area contributed by atoms with Crippen LogP contribution in [0.25, 0.3) is 0 Å². The highest BCUT2D eigenvalue weighted by Gasteiger charge is 2.08. The molecule has 0 aliphatic rings. The van der Waals surface area contributed by atoms with Gasteiger partial charge in [0.15, 0.2) is 11.0 Å². The summed E-state index contributed by atoms with van der Waals surface area (Å²) in [6, 6.07) is 0. The molecular weight excluding hydrogens is 167 g/mol. The molecule has 0 aliphatic carbocycles. The predicted molar refractivity (Wildman–Crippen MR) is 43.0 cm³/mol. The molecule has 0 aliphatic heterocycles. The molecule has 11 heavy (non-hydrogen) atoms. The first kappa shape index (κ1) is 8.27. The molecule has 0 aromatic carbocycles. The first-order valence-corrected chi connectivity index (χ1v) is 3.63. The fraction of sp³-hybridized carbons (Fsp3) is 0.286. The van der Waals surface area contributed by atoms with E-state index in [0.29, 0.717) is 12.0 Å². The number of nitrogens with two attached hydrogens (primary N) is 1. The largest absolute Gasteiger partial charge is 0.396 e. The molecule has 1 aromatic rings. The zero-order chi connectivity index (χ0) is 8.43. The van der Waals surface area contributed by atoms with Gasteiger partial charge in [0.1, 0.15) is 0 Å². The third-order valence-corrected chi connectivity index (χ3v) is 1.74. The number of pyridine rings is 1. The molecule has 0 radical (unpaired) electrons. The van der Waals surface area contributed by atoms with Gasteiger partial charge >= 0.3 is 0 Å². The number of hydrogen-bond donors (Lipinski definition) is 1. The van der Waals surface area contributed by atoms with Crippen LogP contribution in [-0.2, 0) is 6.42 Å². The smallest absolute Gasteiger partial charge is 0.183 e. The van der Waals surface area contributed by atoms with Crippen LogP contribution in [0.1, 0.15) is 12.5 Å². The van der Waals surface area contributed by atoms with Crippen molar-refractivity contribution in [3.63, 3.8) is 0 Å². The second-order valence-electron chi connectivity index (χ2n) is 2.16. The maximum atomic E-state index is 12.9. The summed E-state index contributed by atoms with van der Waals surface area (Å²) in [7, 11) is 0. The molecule has 1 aromatic heterocycles. The van der Waals surface area contributed by atoms with Crippen molar-refractivity contribution in [2.24, 2.45) is 0 Å². The summed E-state index contributed by atoms with van der Waals surface area (Å²) in [4.78, 5) is 3.62. The number of rotatable bonds is 1. The van der Waals surface area contributed by atoms with E-state index in [-0.39, 0.29) is 10.8 Å². The highest BCUT2D eigenvalue weighted by atomic mass is 35.5. The van der Waals surface area contributed by atoms with Gasteiger partial charge in [0, 0.05) is 6.20 Å². The minimum absolute atomic E-state index is 0.104. The lowest BCUT2D eigenvalue weighted by atomic mass is 10.2. The monoisotopic (exact) mass is 174 g/mol. The summed E-state index contributed by atoms with van der Waals surface area (Å²) >= 11 is 5.38. The maximum Gasteiger partial charge on any atom is 0.183 e. The van der Waals surface area contributed by atoms with Crippen LogP contribution < -0.4 is 5.73 Å². The van der Waals surface area contributed by atoms with E-state index >= 15 is 0 Å². The van der Waals surface area contributed by atoms with Crippen molar-refractivity contribution in [2.45, 2.75) is 13.3 Å². The normalized spacial score (nSPS) is 10.1. The lowest BCUT2D eigenvalue weighted by Crippen LogP contribution is -1.99. The van der Waals surface area contributed by atoms with E-state index in [1.807, 2.05) is 6.92 Å². The molecule has 1 heterocycles. The van der Waals surface area contributed by atoms with E-state index in [2.05, 4.69) is 4.98 Å². The molecule has 0 amide bonds. The van der Waals surface area contributed by atoms with Gasteiger partial charge in [-0.15, -0.1) is 0 Å². The van der Waals surface area contributed by atoms with Crippen LogP contribution in [0.2, 0.25) is 5.15 Å². The topological polar surface area (TPSA) is 38.9 Å². The van der Waals surface area contributed by atoms with Gasteiger partial charge in [-0.1, -0.05) is 18.5 Å². The van der Waals surface area contributed by atoms with Gasteiger partial charge in [-0.3, -0.25) is 0 Å². The van der Waals surface area contributed by atoms with Crippen molar-refractivity contribution in [1.29, 1.82) is 0 Å². The number of halogens is 2. The minimum Gasteiger partial charge on any atom is -0.396 e. The quantitative estimate of drug-likeness (QED) is 0.662. The highest BCUT2D eigenvalue weighted by molar-refractivity contribution is 6.29. The van der Waals surface area contributed by atoms with Crippen molar-refractivity contribution >= 4 is 17.3 Å². The van der Waals surface area contributed by atoms with Crippen LogP contribution in [0.4, 0.5) is 10.1 Å². The number of nitrogens with zero attached hydrogens (tertiary/aromatic N) is 1. The molecule has 0 unspecified atom stereocenters. The maximum absolute atomic E-state index is 12.9. The summed E-state index contributed by atoms with van der Waals surface area (Å²) in [5.41, 5.74) is 6.19. The van der Waals surface area contributed by atoms with E-state index in [1.54, 1.807) is 0 Å². The Balaban J connectivity index is 3.25. The molecule has 0 bridgehead atoms. The number of aromatic nitrogens is 1. The minimum atomic E-state index is -0.619. The van der Waals surface area contributed by atoms with Gasteiger partial charge in [-0.05, 0) is 12.0 Å². The summed E-state index contributed by atoms with van der Waals surface area (Å²) < 4.78 is 12.9. The summed E-state index contributed by atoms with van der Waals surface area (Å²) in [6.07, 6.45) is 2.15. The molecule has 0 spiro atoms. The molecule has 2 nitrogen and oxygen atoms in total. The Morgan fingerprint density at radius 1 is 1.73 bits per heavy atom. The average Bonchev–Trinajstić information content (AvgIpc) is 2.01. The van der Waals surface area contributed by atoms with Crippen LogP contribution >= 0.6 is 11.6 Å². The van der Waals surface area contributed by atoms with Crippen molar-refractivity contribution < 1.29 is 4.39 Å². The molecule has 60 valence electrons. The molecule has 0 saturated heterocycles. The molecular formula is C7H8ClFN2. The van der Waals surface area contributed by atoms with E-state index in [4.69, 9.17) is 17.3 Å². The fourth-order valence-corrected chi connectivity index (χ4v) is 0.945. The van der Waals surface area contributed by atoms with Crippen LogP contribution in [-0.4, -0.2) is 4.98 Å². The van der Waals surface area contributed by atoms with Crippen molar-refractivity contribution in [3.05, 3.63) is 22.7 Å². The number of anilines is 1. The molecule has 0 atom stereocenters. The van der Waals surface area contributed by atoms with Crippen LogP contribution in [0.15, 0.2) is 6.20 Å². The molecule has 4 heteroatoms. The van der Waals surface area contributed by atoms with E-state index in [0.717, 1.165) is 0 Å². The van der Waals surface area contributed by atoms with Gasteiger partial charge in [-0.2, -0.15) is 0 Å². The first-order valence-electron chi connectivity index (χ1n) is 3.25. The van der Waals surface area contributed by atoms with Crippen LogP contribution in [0.3, 0.4) is 0 Å². The van der Waals surface area contributed by atoms with Gasteiger partial charge in [0.2, 0.25) is 0 Å². The molecule has 0 fully saturated rings. The molecule has 0 saturated carbocycles. The van der Waals surface area contributed by atoms with Crippen LogP contribution in [0.5, 0.6) is 0 Å². The third kappa shape index (κ3) is 1.43. The lowest BCUT2D eigenvalue weighted by Gasteiger charge is -2.02. The summed E-state index contributed by atoms with van der Waals surface area (Å²) in [5, 5.41) is -0.167. The highest BCUT2D eigenvalue weighted by Crippen LogP contribution is 2.21. The third-order valence-electron chi connectivity index (χ3n) is 1.48. The number of nitrogen functional groups attached to an aromatic ring is 1. The Morgan fingerprint density at radius 2 is 2.36 bits per heavy atom. The second kappa shape index (κ2) is 3.05. The van der Waals surface area contributed by atoms with Crippen LogP contribution in [0, 0.1) is 5.82 Å². The first-order chi connectivity index (χ1) is 5.16. The summed E-state index contributed by atoms with van der Waals surface area (Å²) in [6.45, 7) is 1.88. The van der Waals surface area contributed by atoms with E-state index in [9.17, 15) is 4.39 Å². The van der Waals surface area contributed by atoms with E-state index in [1.165, 1.54) is 6.20 Å². The van der Waals surface area contributed by atoms with Crippen molar-refractivity contribution in [3.8, 4) is 0 Å². The fourth-order valence-electron chi connectivity index (χ4n) is 0.795. The Morgan fingerprint density at radius 3 is 2.91 bits per heavy atom. The SMILES string of the molecule is CCc1cnc(Cl)c(F)c1N. The van der Waals surface area contributed by atoms with Gasteiger partial charge in [0.05, 0.1) is 5.69 Å². The summed E-state index contributed by atoms with van der Waals surface area (Å²) in [5.74, 6) is -0.619. The van der Waals surface area contributed by atoms with Crippen molar-refractivity contribution in [1.82, 2.24) is 4.98 Å². The van der Waals surface area contributed by atoms with E-state index < -0.39 is 5.82 Å². The zero-order valence-corrected chi connectivity index (χ0v) is 6.82. The zero-order valence-electron chi connectivity index (χ0n) is 6.06. The molecule has 1 rings (SSSR count). The number of aryl methyl sites for hydroxylation is 1. The van der Waals surface area contributed by atoms with Gasteiger partial charge < -0.3 is 5.73 Å². The Hall–Kier alpha value is -0.830. The predicted octanol–water partition coefficient (Wildman–Crippen LogP) is 2.02. The Bertz CT molecular complexity index is 275. The van der Waals surface area contributed by atoms with Gasteiger partial charge in [-0.25, -0.2) is 9.37 Å². The number of hydrogen-bond acceptors (Lipinski definition) is 2. The Kier molecular flexibility index (Phi) is 2.29. The van der Waals surface area contributed by atoms with Crippen molar-refractivity contribution in [2.75, 3.05) is 5.73 Å². The average molecular weight is 175 g/mol. The van der Waals surface area contributed by atoms with Gasteiger partial charge in [0.25, 0.3) is 0 Å². The Labute approximate surface area is 69.2 Å².